The minimum absolute atomic E-state index is 0.637. The van der Waals surface area contributed by atoms with E-state index in [4.69, 9.17) is 4.74 Å². The molecule has 0 heterocycles. The highest BCUT2D eigenvalue weighted by atomic mass is 16.5. The smallest absolute Gasteiger partial charge is 0.119 e. The van der Waals surface area contributed by atoms with Crippen molar-refractivity contribution < 1.29 is 4.74 Å². The Morgan fingerprint density at radius 1 is 1.11 bits per heavy atom. The third-order valence-electron chi connectivity index (χ3n) is 3.83. The first kappa shape index (κ1) is 15.1. The monoisotopic (exact) mass is 248 g/mol. The molecule has 1 heteroatoms. The van der Waals surface area contributed by atoms with Gasteiger partial charge in [0, 0.05) is 0 Å². The molecule has 1 nitrogen and oxygen atoms in total. The number of rotatable bonds is 6. The topological polar surface area (TPSA) is 9.23 Å². The zero-order chi connectivity index (χ0) is 13.7. The molecule has 0 saturated carbocycles. The second kappa shape index (κ2) is 6.82. The van der Waals surface area contributed by atoms with Gasteiger partial charge in [0.05, 0.1) is 7.11 Å². The summed E-state index contributed by atoms with van der Waals surface area (Å²) in [5.74, 6) is 2.42. The van der Waals surface area contributed by atoms with Crippen molar-refractivity contribution in [2.45, 2.75) is 59.8 Å². The van der Waals surface area contributed by atoms with E-state index in [9.17, 15) is 0 Å². The van der Waals surface area contributed by atoms with Gasteiger partial charge in [-0.05, 0) is 60.9 Å². The Morgan fingerprint density at radius 2 is 1.67 bits per heavy atom. The predicted molar refractivity (Wildman–Crippen MR) is 79.6 cm³/mol. The fraction of sp³-hybridized carbons (Fsp3) is 0.647. The number of ether oxygens (including phenoxy) is 1. The van der Waals surface area contributed by atoms with E-state index >= 15 is 0 Å². The Morgan fingerprint density at radius 3 is 2.11 bits per heavy atom. The average molecular weight is 248 g/mol. The molecule has 0 N–H and O–H groups in total. The molecule has 1 aromatic rings. The fourth-order valence-electron chi connectivity index (χ4n) is 3.16. The first-order valence-electron chi connectivity index (χ1n) is 7.14. The average Bonchev–Trinajstić information content (AvgIpc) is 2.27. The molecular weight excluding hydrogens is 220 g/mol. The van der Waals surface area contributed by atoms with E-state index < -0.39 is 0 Å². The normalized spacial score (nSPS) is 14.3. The summed E-state index contributed by atoms with van der Waals surface area (Å²) in [5.41, 5.74) is 4.24. The van der Waals surface area contributed by atoms with Crippen LogP contribution in [0.25, 0.3) is 0 Å². The summed E-state index contributed by atoms with van der Waals surface area (Å²) in [7, 11) is 1.74. The van der Waals surface area contributed by atoms with Gasteiger partial charge in [-0.25, -0.2) is 0 Å². The second-order valence-electron chi connectivity index (χ2n) is 5.71. The molecule has 2 unspecified atom stereocenters. The van der Waals surface area contributed by atoms with Gasteiger partial charge in [-0.15, -0.1) is 0 Å². The summed E-state index contributed by atoms with van der Waals surface area (Å²) in [6.07, 6.45) is 3.90. The van der Waals surface area contributed by atoms with Crippen LogP contribution < -0.4 is 4.74 Å². The van der Waals surface area contributed by atoms with E-state index in [2.05, 4.69) is 46.8 Å². The van der Waals surface area contributed by atoms with Crippen molar-refractivity contribution in [1.82, 2.24) is 0 Å². The van der Waals surface area contributed by atoms with Crippen molar-refractivity contribution in [3.05, 3.63) is 28.8 Å². The Hall–Kier alpha value is -0.980. The van der Waals surface area contributed by atoms with Crippen molar-refractivity contribution in [2.75, 3.05) is 7.11 Å². The van der Waals surface area contributed by atoms with Crippen LogP contribution >= 0.6 is 0 Å². The van der Waals surface area contributed by atoms with E-state index in [1.165, 1.54) is 36.0 Å². The maximum Gasteiger partial charge on any atom is 0.119 e. The number of benzene rings is 1. The van der Waals surface area contributed by atoms with Crippen molar-refractivity contribution in [3.63, 3.8) is 0 Å². The van der Waals surface area contributed by atoms with Crippen LogP contribution in [0.5, 0.6) is 5.75 Å². The van der Waals surface area contributed by atoms with Gasteiger partial charge in [-0.2, -0.15) is 0 Å². The number of hydrogen-bond acceptors (Lipinski definition) is 1. The highest BCUT2D eigenvalue weighted by Crippen LogP contribution is 2.32. The first-order valence-corrected chi connectivity index (χ1v) is 7.14. The maximum atomic E-state index is 5.33. The third kappa shape index (κ3) is 3.76. The molecule has 0 fully saturated rings. The van der Waals surface area contributed by atoms with Crippen molar-refractivity contribution in [3.8, 4) is 5.75 Å². The second-order valence-corrected chi connectivity index (χ2v) is 5.71. The highest BCUT2D eigenvalue weighted by molar-refractivity contribution is 5.42. The van der Waals surface area contributed by atoms with E-state index in [-0.39, 0.29) is 0 Å². The van der Waals surface area contributed by atoms with E-state index in [0.29, 0.717) is 5.92 Å². The van der Waals surface area contributed by atoms with Crippen LogP contribution in [-0.4, -0.2) is 7.11 Å². The van der Waals surface area contributed by atoms with Crippen molar-refractivity contribution in [1.29, 1.82) is 0 Å². The molecule has 0 spiro atoms. The van der Waals surface area contributed by atoms with Gasteiger partial charge in [0.2, 0.25) is 0 Å². The number of hydrogen-bond donors (Lipinski definition) is 0. The van der Waals surface area contributed by atoms with E-state index in [1.54, 1.807) is 7.11 Å². The fourth-order valence-corrected chi connectivity index (χ4v) is 3.16. The lowest BCUT2D eigenvalue weighted by Gasteiger charge is -2.21. The van der Waals surface area contributed by atoms with Gasteiger partial charge in [0.15, 0.2) is 0 Å². The molecule has 102 valence electrons. The largest absolute Gasteiger partial charge is 0.497 e. The van der Waals surface area contributed by atoms with Crippen molar-refractivity contribution in [2.24, 2.45) is 5.92 Å². The van der Waals surface area contributed by atoms with Gasteiger partial charge in [-0.1, -0.05) is 33.6 Å². The highest BCUT2D eigenvalue weighted by Gasteiger charge is 2.15. The molecule has 0 bridgehead atoms. The molecule has 0 aliphatic rings. The van der Waals surface area contributed by atoms with Gasteiger partial charge in [0.25, 0.3) is 0 Å². The van der Waals surface area contributed by atoms with Crippen LogP contribution in [0, 0.1) is 19.8 Å². The molecule has 2 atom stereocenters. The van der Waals surface area contributed by atoms with Crippen LogP contribution in [0.2, 0.25) is 0 Å². The standard InChI is InChI=1S/C17H28O/c1-7-8-12(2)9-13(3)17-14(4)10-16(18-6)11-15(17)5/h10-13H,7-9H2,1-6H3. The molecule has 0 aromatic heterocycles. The quantitative estimate of drug-likeness (QED) is 0.668. The number of methoxy groups -OCH3 is 1. The van der Waals surface area contributed by atoms with Gasteiger partial charge in [0.1, 0.15) is 5.75 Å². The van der Waals surface area contributed by atoms with Gasteiger partial charge in [-0.3, -0.25) is 0 Å². The van der Waals surface area contributed by atoms with E-state index in [0.717, 1.165) is 11.7 Å². The molecule has 0 aliphatic heterocycles. The minimum atomic E-state index is 0.637. The predicted octanol–water partition coefficient (Wildman–Crippen LogP) is 5.24. The Labute approximate surface area is 113 Å². The lowest BCUT2D eigenvalue weighted by atomic mass is 9.84. The minimum Gasteiger partial charge on any atom is -0.497 e. The van der Waals surface area contributed by atoms with Gasteiger partial charge < -0.3 is 4.74 Å². The first-order chi connectivity index (χ1) is 8.49. The molecule has 0 saturated heterocycles. The van der Waals surface area contributed by atoms with Crippen LogP contribution in [0.1, 0.15) is 62.6 Å². The maximum absolute atomic E-state index is 5.33. The molecule has 0 radical (unpaired) electrons. The Bertz CT molecular complexity index is 358. The molecule has 1 aromatic carbocycles. The lowest BCUT2D eigenvalue weighted by Crippen LogP contribution is -2.06. The summed E-state index contributed by atoms with van der Waals surface area (Å²) in [6, 6.07) is 4.31. The summed E-state index contributed by atoms with van der Waals surface area (Å²) in [4.78, 5) is 0. The third-order valence-corrected chi connectivity index (χ3v) is 3.83. The van der Waals surface area contributed by atoms with Crippen LogP contribution in [-0.2, 0) is 0 Å². The molecular formula is C17H28O. The SMILES string of the molecule is CCCC(C)CC(C)c1c(C)cc(OC)cc1C. The number of aryl methyl sites for hydroxylation is 2. The van der Waals surface area contributed by atoms with Crippen LogP contribution in [0.15, 0.2) is 12.1 Å². The summed E-state index contributed by atoms with van der Waals surface area (Å²) >= 11 is 0. The molecule has 0 aliphatic carbocycles. The van der Waals surface area contributed by atoms with Crippen LogP contribution in [0.4, 0.5) is 0 Å². The Balaban J connectivity index is 2.88. The van der Waals surface area contributed by atoms with Crippen LogP contribution in [0.3, 0.4) is 0 Å². The Kier molecular flexibility index (Phi) is 5.71. The van der Waals surface area contributed by atoms with E-state index in [1.807, 2.05) is 0 Å². The summed E-state index contributed by atoms with van der Waals surface area (Å²) in [6.45, 7) is 11.4. The van der Waals surface area contributed by atoms with Crippen molar-refractivity contribution >= 4 is 0 Å². The molecule has 0 amide bonds. The molecule has 18 heavy (non-hydrogen) atoms. The van der Waals surface area contributed by atoms with Gasteiger partial charge >= 0.3 is 0 Å². The lowest BCUT2D eigenvalue weighted by molar-refractivity contribution is 0.413. The summed E-state index contributed by atoms with van der Waals surface area (Å²) in [5, 5.41) is 0. The summed E-state index contributed by atoms with van der Waals surface area (Å²) < 4.78 is 5.33. The zero-order valence-corrected chi connectivity index (χ0v) is 12.8. The zero-order valence-electron chi connectivity index (χ0n) is 12.8. The molecule has 1 rings (SSSR count).